The van der Waals surface area contributed by atoms with Crippen LogP contribution >= 0.6 is 0 Å². The summed E-state index contributed by atoms with van der Waals surface area (Å²) in [5, 5.41) is 20.3. The van der Waals surface area contributed by atoms with Crippen molar-refractivity contribution in [2.75, 3.05) is 7.11 Å². The molecular formula is C13H11NO2. The van der Waals surface area contributed by atoms with Crippen molar-refractivity contribution in [1.82, 2.24) is 0 Å². The quantitative estimate of drug-likeness (QED) is 0.792. The maximum Gasteiger partial charge on any atom is 0.133 e. The number of phenols is 1. The predicted octanol–water partition coefficient (Wildman–Crippen LogP) is 2.73. The van der Waals surface area contributed by atoms with Gasteiger partial charge in [0, 0.05) is 5.39 Å². The number of aryl methyl sites for hydroxylation is 1. The first kappa shape index (κ1) is 10.3. The van der Waals surface area contributed by atoms with Crippen LogP contribution in [-0.2, 0) is 0 Å². The Kier molecular flexibility index (Phi) is 2.41. The predicted molar refractivity (Wildman–Crippen MR) is 61.6 cm³/mol. The zero-order valence-electron chi connectivity index (χ0n) is 9.11. The van der Waals surface area contributed by atoms with E-state index in [1.807, 2.05) is 19.1 Å². The molecule has 0 bridgehead atoms. The van der Waals surface area contributed by atoms with Crippen LogP contribution in [0.25, 0.3) is 10.8 Å². The fourth-order valence-corrected chi connectivity index (χ4v) is 1.81. The first-order chi connectivity index (χ1) is 7.67. The molecule has 0 atom stereocenters. The lowest BCUT2D eigenvalue weighted by Crippen LogP contribution is -1.88. The van der Waals surface area contributed by atoms with E-state index in [0.717, 1.165) is 16.3 Å². The molecule has 0 saturated heterocycles. The lowest BCUT2D eigenvalue weighted by atomic mass is 10.00. The van der Waals surface area contributed by atoms with Gasteiger partial charge in [-0.1, -0.05) is 6.07 Å². The Hall–Kier alpha value is -2.21. The number of aromatic hydroxyl groups is 1. The molecule has 0 fully saturated rings. The Morgan fingerprint density at radius 2 is 2.00 bits per heavy atom. The lowest BCUT2D eigenvalue weighted by molar-refractivity contribution is 0.415. The van der Waals surface area contributed by atoms with Gasteiger partial charge in [0.15, 0.2) is 0 Å². The van der Waals surface area contributed by atoms with Gasteiger partial charge >= 0.3 is 0 Å². The van der Waals surface area contributed by atoms with Crippen molar-refractivity contribution >= 4 is 10.8 Å². The zero-order valence-corrected chi connectivity index (χ0v) is 9.11. The van der Waals surface area contributed by atoms with Crippen molar-refractivity contribution in [2.24, 2.45) is 0 Å². The molecule has 3 heteroatoms. The maximum absolute atomic E-state index is 9.60. The molecule has 0 amide bonds. The second-order valence-electron chi connectivity index (χ2n) is 3.61. The molecule has 0 aromatic heterocycles. The topological polar surface area (TPSA) is 53.2 Å². The van der Waals surface area contributed by atoms with Crippen molar-refractivity contribution in [2.45, 2.75) is 6.92 Å². The van der Waals surface area contributed by atoms with Crippen LogP contribution in [0.2, 0.25) is 0 Å². The van der Waals surface area contributed by atoms with E-state index in [1.165, 1.54) is 0 Å². The van der Waals surface area contributed by atoms with E-state index in [2.05, 4.69) is 0 Å². The molecule has 80 valence electrons. The highest BCUT2D eigenvalue weighted by molar-refractivity contribution is 5.93. The van der Waals surface area contributed by atoms with E-state index < -0.39 is 0 Å². The largest absolute Gasteiger partial charge is 0.507 e. The average molecular weight is 213 g/mol. The van der Waals surface area contributed by atoms with E-state index in [-0.39, 0.29) is 5.75 Å². The van der Waals surface area contributed by atoms with Gasteiger partial charge in [-0.2, -0.15) is 5.26 Å². The van der Waals surface area contributed by atoms with E-state index in [0.29, 0.717) is 11.3 Å². The average Bonchev–Trinajstić information content (AvgIpc) is 2.28. The highest BCUT2D eigenvalue weighted by atomic mass is 16.5. The van der Waals surface area contributed by atoms with Crippen LogP contribution in [0.15, 0.2) is 24.3 Å². The molecule has 0 heterocycles. The summed E-state index contributed by atoms with van der Waals surface area (Å²) in [4.78, 5) is 0. The van der Waals surface area contributed by atoms with Crippen LogP contribution in [0.4, 0.5) is 0 Å². The van der Waals surface area contributed by atoms with Crippen molar-refractivity contribution in [1.29, 1.82) is 5.26 Å². The van der Waals surface area contributed by atoms with E-state index in [9.17, 15) is 5.11 Å². The summed E-state index contributed by atoms with van der Waals surface area (Å²) < 4.78 is 5.15. The van der Waals surface area contributed by atoms with Crippen LogP contribution in [0.5, 0.6) is 11.5 Å². The lowest BCUT2D eigenvalue weighted by Gasteiger charge is -2.08. The molecule has 2 rings (SSSR count). The van der Waals surface area contributed by atoms with Gasteiger partial charge in [-0.3, -0.25) is 0 Å². The third kappa shape index (κ3) is 1.45. The number of nitriles is 1. The highest BCUT2D eigenvalue weighted by Crippen LogP contribution is 2.31. The number of fused-ring (bicyclic) bond motifs is 1. The molecule has 0 aliphatic rings. The smallest absolute Gasteiger partial charge is 0.133 e. The Labute approximate surface area is 93.5 Å². The monoisotopic (exact) mass is 213 g/mol. The van der Waals surface area contributed by atoms with Gasteiger partial charge in [0.05, 0.1) is 7.11 Å². The van der Waals surface area contributed by atoms with Crippen LogP contribution in [-0.4, -0.2) is 12.2 Å². The Morgan fingerprint density at radius 1 is 1.25 bits per heavy atom. The van der Waals surface area contributed by atoms with E-state index in [4.69, 9.17) is 10.00 Å². The molecule has 16 heavy (non-hydrogen) atoms. The van der Waals surface area contributed by atoms with Gasteiger partial charge in [-0.05, 0) is 36.1 Å². The number of hydrogen-bond acceptors (Lipinski definition) is 3. The molecule has 0 spiro atoms. The first-order valence-electron chi connectivity index (χ1n) is 4.87. The third-order valence-corrected chi connectivity index (χ3v) is 2.64. The summed E-state index contributed by atoms with van der Waals surface area (Å²) in [7, 11) is 1.58. The van der Waals surface area contributed by atoms with Crippen molar-refractivity contribution in [3.63, 3.8) is 0 Å². The van der Waals surface area contributed by atoms with Crippen LogP contribution in [0, 0.1) is 18.3 Å². The molecule has 2 aromatic carbocycles. The number of ether oxygens (including phenoxy) is 1. The number of rotatable bonds is 1. The molecule has 0 aliphatic heterocycles. The van der Waals surface area contributed by atoms with Crippen molar-refractivity contribution in [3.05, 3.63) is 35.4 Å². The minimum absolute atomic E-state index is 0.00246. The van der Waals surface area contributed by atoms with Crippen LogP contribution < -0.4 is 4.74 Å². The number of phenolic OH excluding ortho intramolecular Hbond substituents is 1. The second-order valence-corrected chi connectivity index (χ2v) is 3.61. The standard InChI is InChI=1S/C13H11NO2/c1-8-5-9(16-2)6-11-10(8)3-4-13(15)12(11)7-14/h3-6,15H,1-2H3. The number of hydrogen-bond donors (Lipinski definition) is 1. The molecule has 0 saturated carbocycles. The van der Waals surface area contributed by atoms with Gasteiger partial charge < -0.3 is 9.84 Å². The third-order valence-electron chi connectivity index (χ3n) is 2.64. The first-order valence-corrected chi connectivity index (χ1v) is 4.87. The summed E-state index contributed by atoms with van der Waals surface area (Å²) in [5.41, 5.74) is 1.31. The molecule has 0 aliphatic carbocycles. The van der Waals surface area contributed by atoms with E-state index in [1.54, 1.807) is 25.3 Å². The van der Waals surface area contributed by atoms with Gasteiger partial charge in [-0.15, -0.1) is 0 Å². The summed E-state index contributed by atoms with van der Waals surface area (Å²) in [6.45, 7) is 1.95. The summed E-state index contributed by atoms with van der Waals surface area (Å²) >= 11 is 0. The molecule has 3 nitrogen and oxygen atoms in total. The number of methoxy groups -OCH3 is 1. The molecule has 0 unspecified atom stereocenters. The maximum atomic E-state index is 9.60. The SMILES string of the molecule is COc1cc(C)c2ccc(O)c(C#N)c2c1. The normalized spacial score (nSPS) is 10.1. The molecule has 2 aromatic rings. The Balaban J connectivity index is 2.92. The number of nitrogens with zero attached hydrogens (tertiary/aromatic N) is 1. The van der Waals surface area contributed by atoms with Crippen molar-refractivity contribution in [3.8, 4) is 17.6 Å². The minimum Gasteiger partial charge on any atom is -0.507 e. The fourth-order valence-electron chi connectivity index (χ4n) is 1.81. The van der Waals surface area contributed by atoms with Gasteiger partial charge in [-0.25, -0.2) is 0 Å². The summed E-state index contributed by atoms with van der Waals surface area (Å²) in [5.74, 6) is 0.690. The molecule has 1 N–H and O–H groups in total. The van der Waals surface area contributed by atoms with Crippen molar-refractivity contribution < 1.29 is 9.84 Å². The Bertz CT molecular complexity index is 597. The number of benzene rings is 2. The van der Waals surface area contributed by atoms with Crippen LogP contribution in [0.1, 0.15) is 11.1 Å². The highest BCUT2D eigenvalue weighted by Gasteiger charge is 2.09. The minimum atomic E-state index is 0.00246. The van der Waals surface area contributed by atoms with Gasteiger partial charge in [0.25, 0.3) is 0 Å². The Morgan fingerprint density at radius 3 is 2.62 bits per heavy atom. The van der Waals surface area contributed by atoms with Gasteiger partial charge in [0.2, 0.25) is 0 Å². The molecular weight excluding hydrogens is 202 g/mol. The molecule has 0 radical (unpaired) electrons. The van der Waals surface area contributed by atoms with E-state index >= 15 is 0 Å². The fraction of sp³-hybridized carbons (Fsp3) is 0.154. The summed E-state index contributed by atoms with van der Waals surface area (Å²) in [6.07, 6.45) is 0. The van der Waals surface area contributed by atoms with Crippen LogP contribution in [0.3, 0.4) is 0 Å². The summed E-state index contributed by atoms with van der Waals surface area (Å²) in [6, 6.07) is 9.03. The van der Waals surface area contributed by atoms with Gasteiger partial charge in [0.1, 0.15) is 23.1 Å². The zero-order chi connectivity index (χ0) is 11.7. The second kappa shape index (κ2) is 3.74.